The van der Waals surface area contributed by atoms with E-state index >= 15 is 0 Å². The first-order chi connectivity index (χ1) is 8.68. The lowest BCUT2D eigenvalue weighted by Gasteiger charge is -2.09. The Balaban J connectivity index is 2.07. The van der Waals surface area contributed by atoms with Crippen LogP contribution in [0.4, 0.5) is 0 Å². The Bertz CT molecular complexity index is 529. The summed E-state index contributed by atoms with van der Waals surface area (Å²) in [4.78, 5) is 27.6. The van der Waals surface area contributed by atoms with E-state index in [1.807, 2.05) is 0 Å². The van der Waals surface area contributed by atoms with Crippen LogP contribution in [0.3, 0.4) is 0 Å². The molecular weight excluding hydrogens is 230 g/mol. The molecule has 1 N–H and O–H groups in total. The fourth-order valence-electron chi connectivity index (χ4n) is 1.78. The highest BCUT2D eigenvalue weighted by atomic mass is 16.3. The van der Waals surface area contributed by atoms with Crippen molar-refractivity contribution >= 4 is 11.6 Å². The Morgan fingerprint density at radius 1 is 1.17 bits per heavy atom. The van der Waals surface area contributed by atoms with Gasteiger partial charge in [-0.15, -0.1) is 0 Å². The van der Waals surface area contributed by atoms with Crippen molar-refractivity contribution in [3.8, 4) is 0 Å². The highest BCUT2D eigenvalue weighted by Gasteiger charge is 2.20. The Hall–Kier alpha value is -2.23. The lowest BCUT2D eigenvalue weighted by Crippen LogP contribution is -2.14. The topological polar surface area (TPSA) is 67.3 Å². The predicted octanol–water partition coefficient (Wildman–Crippen LogP) is 2.39. The molecule has 1 aromatic heterocycles. The van der Waals surface area contributed by atoms with Crippen LogP contribution in [0.5, 0.6) is 0 Å². The Kier molecular flexibility index (Phi) is 3.67. The van der Waals surface area contributed by atoms with E-state index in [-0.39, 0.29) is 35.0 Å². The van der Waals surface area contributed by atoms with Crippen molar-refractivity contribution < 1.29 is 14.7 Å². The minimum Gasteiger partial charge on any atom is -0.508 e. The molecule has 18 heavy (non-hydrogen) atoms. The zero-order valence-corrected chi connectivity index (χ0v) is 9.80. The SMILES string of the molecule is O=C(CC(=O)c1ccccn1)C1=CCCC=C1O. The van der Waals surface area contributed by atoms with Gasteiger partial charge in [0.1, 0.15) is 11.5 Å². The maximum atomic E-state index is 11.9. The maximum Gasteiger partial charge on any atom is 0.188 e. The summed E-state index contributed by atoms with van der Waals surface area (Å²) in [5.74, 6) is -0.723. The molecule has 1 aliphatic carbocycles. The second-order valence-corrected chi connectivity index (χ2v) is 4.02. The van der Waals surface area contributed by atoms with Gasteiger partial charge >= 0.3 is 0 Å². The molecule has 0 amide bonds. The van der Waals surface area contributed by atoms with Crippen molar-refractivity contribution in [2.24, 2.45) is 0 Å². The fraction of sp³-hybridized carbons (Fsp3) is 0.214. The number of pyridine rings is 1. The van der Waals surface area contributed by atoms with Crippen molar-refractivity contribution in [1.82, 2.24) is 4.98 Å². The fourth-order valence-corrected chi connectivity index (χ4v) is 1.78. The van der Waals surface area contributed by atoms with Gasteiger partial charge < -0.3 is 5.11 Å². The zero-order valence-electron chi connectivity index (χ0n) is 9.80. The molecule has 4 nitrogen and oxygen atoms in total. The molecule has 1 aliphatic rings. The van der Waals surface area contributed by atoms with Crippen molar-refractivity contribution in [3.63, 3.8) is 0 Å². The average molecular weight is 243 g/mol. The molecule has 1 aromatic rings. The third-order valence-corrected chi connectivity index (χ3v) is 2.70. The second kappa shape index (κ2) is 5.40. The molecule has 2 rings (SSSR count). The maximum absolute atomic E-state index is 11.9. The number of rotatable bonds is 4. The van der Waals surface area contributed by atoms with Crippen LogP contribution in [0.15, 0.2) is 47.9 Å². The van der Waals surface area contributed by atoms with Gasteiger partial charge in [0.25, 0.3) is 0 Å². The van der Waals surface area contributed by atoms with Crippen LogP contribution in [0.2, 0.25) is 0 Å². The van der Waals surface area contributed by atoms with Gasteiger partial charge in [-0.1, -0.05) is 12.1 Å². The number of allylic oxidation sites excluding steroid dienone is 3. The number of hydrogen-bond donors (Lipinski definition) is 1. The molecule has 0 aliphatic heterocycles. The quantitative estimate of drug-likeness (QED) is 0.651. The third kappa shape index (κ3) is 2.71. The first-order valence-corrected chi connectivity index (χ1v) is 5.75. The molecule has 0 aromatic carbocycles. The number of aliphatic hydroxyl groups excluding tert-OH is 1. The van der Waals surface area contributed by atoms with Gasteiger partial charge in [-0.3, -0.25) is 14.6 Å². The summed E-state index contributed by atoms with van der Waals surface area (Å²) >= 11 is 0. The number of aliphatic hydroxyl groups is 1. The van der Waals surface area contributed by atoms with E-state index in [9.17, 15) is 14.7 Å². The smallest absolute Gasteiger partial charge is 0.188 e. The summed E-state index contributed by atoms with van der Waals surface area (Å²) in [6, 6.07) is 4.97. The van der Waals surface area contributed by atoms with E-state index in [1.165, 1.54) is 6.20 Å². The van der Waals surface area contributed by atoms with E-state index in [0.717, 1.165) is 6.42 Å². The van der Waals surface area contributed by atoms with Crippen LogP contribution in [-0.2, 0) is 4.79 Å². The summed E-state index contributed by atoms with van der Waals surface area (Å²) in [5, 5.41) is 9.57. The molecule has 0 saturated heterocycles. The lowest BCUT2D eigenvalue weighted by molar-refractivity contribution is -0.114. The molecule has 0 fully saturated rings. The Morgan fingerprint density at radius 3 is 2.61 bits per heavy atom. The number of ketones is 2. The van der Waals surface area contributed by atoms with Crippen molar-refractivity contribution in [2.45, 2.75) is 19.3 Å². The molecule has 0 unspecified atom stereocenters. The number of carbonyl (C=O) groups is 2. The number of Topliss-reactive ketones (excluding diaryl/α,β-unsaturated/α-hetero) is 2. The van der Waals surface area contributed by atoms with Gasteiger partial charge in [0, 0.05) is 6.20 Å². The highest BCUT2D eigenvalue weighted by Crippen LogP contribution is 2.19. The van der Waals surface area contributed by atoms with E-state index in [0.29, 0.717) is 6.42 Å². The zero-order chi connectivity index (χ0) is 13.0. The van der Waals surface area contributed by atoms with E-state index < -0.39 is 0 Å². The first kappa shape index (κ1) is 12.2. The number of aromatic nitrogens is 1. The molecular formula is C14H13NO3. The molecule has 0 saturated carbocycles. The summed E-state index contributed by atoms with van der Waals surface area (Å²) in [5.41, 5.74) is 0.510. The predicted molar refractivity (Wildman–Crippen MR) is 66.2 cm³/mol. The number of hydrogen-bond acceptors (Lipinski definition) is 4. The minimum atomic E-state index is -0.362. The van der Waals surface area contributed by atoms with Gasteiger partial charge in [-0.2, -0.15) is 0 Å². The molecule has 92 valence electrons. The van der Waals surface area contributed by atoms with Crippen LogP contribution in [-0.4, -0.2) is 21.7 Å². The number of carbonyl (C=O) groups excluding carboxylic acids is 2. The third-order valence-electron chi connectivity index (χ3n) is 2.70. The van der Waals surface area contributed by atoms with Crippen LogP contribution in [0.25, 0.3) is 0 Å². The van der Waals surface area contributed by atoms with Crippen molar-refractivity contribution in [3.05, 3.63) is 53.6 Å². The molecule has 0 bridgehead atoms. The summed E-state index contributed by atoms with van der Waals surface area (Å²) < 4.78 is 0. The van der Waals surface area contributed by atoms with Gasteiger partial charge in [0.15, 0.2) is 11.6 Å². The summed E-state index contributed by atoms with van der Waals surface area (Å²) in [6.45, 7) is 0. The van der Waals surface area contributed by atoms with E-state index in [1.54, 1.807) is 30.4 Å². The summed E-state index contributed by atoms with van der Waals surface area (Å²) in [6.07, 6.45) is 5.94. The van der Waals surface area contributed by atoms with Gasteiger partial charge in [-0.25, -0.2) is 0 Å². The largest absolute Gasteiger partial charge is 0.508 e. The molecule has 4 heteroatoms. The summed E-state index contributed by atoms with van der Waals surface area (Å²) in [7, 11) is 0. The molecule has 0 radical (unpaired) electrons. The van der Waals surface area contributed by atoms with Gasteiger partial charge in [0.05, 0.1) is 12.0 Å². The normalized spacial score (nSPS) is 14.7. The molecule has 1 heterocycles. The lowest BCUT2D eigenvalue weighted by atomic mass is 9.97. The Labute approximate surface area is 105 Å². The first-order valence-electron chi connectivity index (χ1n) is 5.75. The van der Waals surface area contributed by atoms with Gasteiger partial charge in [0.2, 0.25) is 0 Å². The monoisotopic (exact) mass is 243 g/mol. The van der Waals surface area contributed by atoms with E-state index in [2.05, 4.69) is 4.98 Å². The molecule has 0 atom stereocenters. The minimum absolute atomic E-state index is 0.0277. The standard InChI is InChI=1S/C14H13NO3/c16-12-7-2-1-5-10(12)13(17)9-14(18)11-6-3-4-8-15-11/h3-8,16H,1-2,9H2. The van der Waals surface area contributed by atoms with Crippen molar-refractivity contribution in [1.29, 1.82) is 0 Å². The van der Waals surface area contributed by atoms with Crippen LogP contribution in [0.1, 0.15) is 29.8 Å². The van der Waals surface area contributed by atoms with E-state index in [4.69, 9.17) is 0 Å². The van der Waals surface area contributed by atoms with Crippen LogP contribution >= 0.6 is 0 Å². The molecule has 0 spiro atoms. The van der Waals surface area contributed by atoms with Crippen LogP contribution in [0, 0.1) is 0 Å². The van der Waals surface area contributed by atoms with Gasteiger partial charge in [-0.05, 0) is 31.1 Å². The van der Waals surface area contributed by atoms with Crippen LogP contribution < -0.4 is 0 Å². The Morgan fingerprint density at radius 2 is 1.94 bits per heavy atom. The number of nitrogens with zero attached hydrogens (tertiary/aromatic N) is 1. The van der Waals surface area contributed by atoms with Crippen molar-refractivity contribution in [2.75, 3.05) is 0 Å². The average Bonchev–Trinajstić information content (AvgIpc) is 2.40. The second-order valence-electron chi connectivity index (χ2n) is 4.02. The highest BCUT2D eigenvalue weighted by molar-refractivity contribution is 6.14.